The smallest absolute Gasteiger partial charge is 0.230 e. The second-order valence-corrected chi connectivity index (χ2v) is 7.52. The van der Waals surface area contributed by atoms with E-state index < -0.39 is 0 Å². The molecule has 2 N–H and O–H groups in total. The first-order valence-corrected chi connectivity index (χ1v) is 10.7. The Hall–Kier alpha value is -3.82. The quantitative estimate of drug-likeness (QED) is 0.314. The summed E-state index contributed by atoms with van der Waals surface area (Å²) in [6, 6.07) is 12.6. The van der Waals surface area contributed by atoms with E-state index >= 15 is 0 Å². The maximum Gasteiger partial charge on any atom is 0.230 e. The monoisotopic (exact) mass is 498 g/mol. The predicted octanol–water partition coefficient (Wildman–Crippen LogP) is 5.75. The van der Waals surface area contributed by atoms with Crippen LogP contribution in [0.15, 0.2) is 55.0 Å². The van der Waals surface area contributed by atoms with Gasteiger partial charge in [0.15, 0.2) is 5.82 Å². The van der Waals surface area contributed by atoms with Gasteiger partial charge < -0.3 is 24.8 Å². The Kier molecular flexibility index (Phi) is 7.15. The molecular formula is C23H20Cl2N6O3. The Labute approximate surface area is 206 Å². The number of methoxy groups -OCH3 is 3. The van der Waals surface area contributed by atoms with Crippen molar-refractivity contribution in [1.82, 2.24) is 19.9 Å². The zero-order chi connectivity index (χ0) is 24.1. The molecule has 0 aliphatic carbocycles. The number of halogens is 2. The molecule has 11 heteroatoms. The third-order valence-corrected chi connectivity index (χ3v) is 5.54. The fourth-order valence-corrected chi connectivity index (χ4v) is 3.75. The molecule has 0 fully saturated rings. The summed E-state index contributed by atoms with van der Waals surface area (Å²) in [6.45, 7) is 0. The van der Waals surface area contributed by atoms with Crippen molar-refractivity contribution in [2.75, 3.05) is 32.0 Å². The van der Waals surface area contributed by atoms with Crippen molar-refractivity contribution in [2.45, 2.75) is 0 Å². The minimum atomic E-state index is 0.277. The molecule has 0 bridgehead atoms. The Balaban J connectivity index is 1.72. The Morgan fingerprint density at radius 2 is 1.47 bits per heavy atom. The van der Waals surface area contributed by atoms with Crippen LogP contribution in [0.4, 0.5) is 23.1 Å². The van der Waals surface area contributed by atoms with Crippen LogP contribution in [-0.4, -0.2) is 41.3 Å². The van der Waals surface area contributed by atoms with Crippen LogP contribution in [0, 0.1) is 0 Å². The molecule has 4 aromatic rings. The first-order chi connectivity index (χ1) is 16.5. The van der Waals surface area contributed by atoms with Crippen LogP contribution in [0.5, 0.6) is 17.2 Å². The Bertz CT molecular complexity index is 1290. The van der Waals surface area contributed by atoms with E-state index in [9.17, 15) is 0 Å². The van der Waals surface area contributed by atoms with Gasteiger partial charge in [0.2, 0.25) is 5.95 Å². The molecule has 0 saturated heterocycles. The lowest BCUT2D eigenvalue weighted by Crippen LogP contribution is -2.04. The third-order valence-electron chi connectivity index (χ3n) is 4.79. The lowest BCUT2D eigenvalue weighted by Gasteiger charge is -2.17. The molecule has 0 radical (unpaired) electrons. The van der Waals surface area contributed by atoms with Crippen LogP contribution in [0.3, 0.4) is 0 Å². The number of benzene rings is 2. The van der Waals surface area contributed by atoms with E-state index in [-0.39, 0.29) is 10.0 Å². The normalized spacial score (nSPS) is 10.5. The van der Waals surface area contributed by atoms with Gasteiger partial charge in [-0.05, 0) is 24.3 Å². The second-order valence-electron chi connectivity index (χ2n) is 6.77. The zero-order valence-electron chi connectivity index (χ0n) is 18.5. The van der Waals surface area contributed by atoms with Crippen LogP contribution in [0.2, 0.25) is 10.0 Å². The molecule has 2 aromatic carbocycles. The van der Waals surface area contributed by atoms with Crippen LogP contribution in [0.25, 0.3) is 11.4 Å². The average Bonchev–Trinajstić information content (AvgIpc) is 2.87. The molecule has 0 saturated carbocycles. The number of para-hydroxylation sites is 2. The highest BCUT2D eigenvalue weighted by molar-refractivity contribution is 6.41. The summed E-state index contributed by atoms with van der Waals surface area (Å²) in [5.41, 5.74) is 1.69. The minimum Gasteiger partial charge on any atom is -0.495 e. The molecule has 0 atom stereocenters. The third kappa shape index (κ3) is 4.75. The molecule has 0 amide bonds. The van der Waals surface area contributed by atoms with E-state index in [2.05, 4.69) is 30.6 Å². The van der Waals surface area contributed by atoms with E-state index in [1.165, 1.54) is 20.5 Å². The van der Waals surface area contributed by atoms with Crippen molar-refractivity contribution in [3.8, 4) is 28.6 Å². The van der Waals surface area contributed by atoms with Gasteiger partial charge in [-0.1, -0.05) is 35.3 Å². The van der Waals surface area contributed by atoms with E-state index in [1.54, 1.807) is 25.4 Å². The summed E-state index contributed by atoms with van der Waals surface area (Å²) in [6.07, 6.45) is 3.03. The number of pyridine rings is 1. The van der Waals surface area contributed by atoms with Gasteiger partial charge in [-0.15, -0.1) is 0 Å². The number of ether oxygens (including phenoxy) is 3. The molecule has 2 heterocycles. The highest BCUT2D eigenvalue weighted by Gasteiger charge is 2.20. The van der Waals surface area contributed by atoms with Crippen molar-refractivity contribution >= 4 is 46.3 Å². The molecular weight excluding hydrogens is 479 g/mol. The summed E-state index contributed by atoms with van der Waals surface area (Å²) >= 11 is 13.0. The summed E-state index contributed by atoms with van der Waals surface area (Å²) in [4.78, 5) is 17.5. The van der Waals surface area contributed by atoms with Crippen molar-refractivity contribution in [3.63, 3.8) is 0 Å². The standard InChI is InChI=1S/C23H20Cl2N6O3/c1-32-15-9-5-4-8-14(15)29-23-28-12-27-22(31-23)13-7-6-10-26-21(13)30-20-18(24)16(33-2)11-17(34-3)19(20)25/h4-12H,1-3H3,(H,26,30)(H,27,28,29,31). The molecule has 4 rings (SSSR count). The fourth-order valence-electron chi connectivity index (χ4n) is 3.15. The topological polar surface area (TPSA) is 103 Å². The van der Waals surface area contributed by atoms with Crippen molar-refractivity contribution in [2.24, 2.45) is 0 Å². The number of aromatic nitrogens is 4. The van der Waals surface area contributed by atoms with Crippen LogP contribution in [-0.2, 0) is 0 Å². The average molecular weight is 499 g/mol. The number of nitrogens with zero attached hydrogens (tertiary/aromatic N) is 4. The van der Waals surface area contributed by atoms with Gasteiger partial charge in [0, 0.05) is 12.3 Å². The lowest BCUT2D eigenvalue weighted by molar-refractivity contribution is 0.395. The molecule has 2 aromatic heterocycles. The maximum absolute atomic E-state index is 6.52. The van der Waals surface area contributed by atoms with Gasteiger partial charge in [-0.25, -0.2) is 15.0 Å². The molecule has 34 heavy (non-hydrogen) atoms. The first-order valence-electron chi connectivity index (χ1n) is 9.97. The minimum absolute atomic E-state index is 0.277. The number of hydrogen-bond donors (Lipinski definition) is 2. The highest BCUT2D eigenvalue weighted by atomic mass is 35.5. The van der Waals surface area contributed by atoms with Gasteiger partial charge in [-0.2, -0.15) is 4.98 Å². The lowest BCUT2D eigenvalue weighted by atomic mass is 10.2. The van der Waals surface area contributed by atoms with Gasteiger partial charge >= 0.3 is 0 Å². The summed E-state index contributed by atoms with van der Waals surface area (Å²) in [5, 5.41) is 6.87. The molecule has 0 aliphatic rings. The van der Waals surface area contributed by atoms with Crippen LogP contribution < -0.4 is 24.8 Å². The van der Waals surface area contributed by atoms with Gasteiger partial charge in [0.25, 0.3) is 0 Å². The van der Waals surface area contributed by atoms with Crippen molar-refractivity contribution < 1.29 is 14.2 Å². The number of anilines is 4. The van der Waals surface area contributed by atoms with Gasteiger partial charge in [0.05, 0.1) is 38.3 Å². The number of nitrogens with one attached hydrogen (secondary N) is 2. The number of hydrogen-bond acceptors (Lipinski definition) is 9. The van der Waals surface area contributed by atoms with Crippen LogP contribution >= 0.6 is 23.2 Å². The summed E-state index contributed by atoms with van der Waals surface area (Å²) < 4.78 is 16.1. The van der Waals surface area contributed by atoms with E-state index in [4.69, 9.17) is 37.4 Å². The van der Waals surface area contributed by atoms with E-state index in [0.29, 0.717) is 51.8 Å². The highest BCUT2D eigenvalue weighted by Crippen LogP contribution is 2.45. The van der Waals surface area contributed by atoms with Gasteiger partial charge in [0.1, 0.15) is 39.4 Å². The zero-order valence-corrected chi connectivity index (χ0v) is 20.0. The molecule has 9 nitrogen and oxygen atoms in total. The Morgan fingerprint density at radius 3 is 2.18 bits per heavy atom. The molecule has 0 unspecified atom stereocenters. The number of rotatable bonds is 8. The van der Waals surface area contributed by atoms with Crippen molar-refractivity contribution in [3.05, 3.63) is 65.0 Å². The molecule has 0 spiro atoms. The largest absolute Gasteiger partial charge is 0.495 e. The summed E-state index contributed by atoms with van der Waals surface area (Å²) in [5.74, 6) is 2.59. The fraction of sp³-hybridized carbons (Fsp3) is 0.130. The molecule has 174 valence electrons. The van der Waals surface area contributed by atoms with E-state index in [0.717, 1.165) is 0 Å². The predicted molar refractivity (Wildman–Crippen MR) is 132 cm³/mol. The van der Waals surface area contributed by atoms with Crippen LogP contribution in [0.1, 0.15) is 0 Å². The second kappa shape index (κ2) is 10.4. The Morgan fingerprint density at radius 1 is 0.765 bits per heavy atom. The van der Waals surface area contributed by atoms with Gasteiger partial charge in [-0.3, -0.25) is 0 Å². The molecule has 0 aliphatic heterocycles. The first kappa shape index (κ1) is 23.3. The van der Waals surface area contributed by atoms with E-state index in [1.807, 2.05) is 30.3 Å². The van der Waals surface area contributed by atoms with Crippen molar-refractivity contribution in [1.29, 1.82) is 0 Å². The summed E-state index contributed by atoms with van der Waals surface area (Å²) in [7, 11) is 4.61. The SMILES string of the molecule is COc1ccccc1Nc1ncnc(-c2cccnc2Nc2c(Cl)c(OC)cc(OC)c2Cl)n1. The maximum atomic E-state index is 6.52.